The molecule has 0 fully saturated rings. The SMILES string of the molecule is Cc1cccc(-c2nnc(SCC(=O)Nc3nc(-c4ccc(Cl)cc4)cs3)n2C)c1. The average Bonchev–Trinajstić information content (AvgIpc) is 3.34. The smallest absolute Gasteiger partial charge is 0.236 e. The number of halogens is 1. The lowest BCUT2D eigenvalue weighted by Crippen LogP contribution is -2.14. The molecule has 9 heteroatoms. The normalized spacial score (nSPS) is 10.9. The van der Waals surface area contributed by atoms with Crippen LogP contribution in [0.2, 0.25) is 5.02 Å². The summed E-state index contributed by atoms with van der Waals surface area (Å²) >= 11 is 8.65. The van der Waals surface area contributed by atoms with Gasteiger partial charge in [-0.3, -0.25) is 4.79 Å². The largest absolute Gasteiger partial charge is 0.305 e. The predicted molar refractivity (Wildman–Crippen MR) is 123 cm³/mol. The van der Waals surface area contributed by atoms with Gasteiger partial charge in [-0.15, -0.1) is 21.5 Å². The van der Waals surface area contributed by atoms with Crippen LogP contribution in [-0.4, -0.2) is 31.4 Å². The van der Waals surface area contributed by atoms with Crippen molar-refractivity contribution in [2.75, 3.05) is 11.1 Å². The van der Waals surface area contributed by atoms with Crippen molar-refractivity contribution < 1.29 is 4.79 Å². The van der Waals surface area contributed by atoms with Crippen LogP contribution in [0.5, 0.6) is 0 Å². The maximum atomic E-state index is 12.4. The van der Waals surface area contributed by atoms with Crippen LogP contribution >= 0.6 is 34.7 Å². The fraction of sp³-hybridized carbons (Fsp3) is 0.143. The minimum absolute atomic E-state index is 0.142. The quantitative estimate of drug-likeness (QED) is 0.399. The fourth-order valence-electron chi connectivity index (χ4n) is 2.85. The molecule has 2 heterocycles. The monoisotopic (exact) mass is 455 g/mol. The Morgan fingerprint density at radius 2 is 1.97 bits per heavy atom. The number of thioether (sulfide) groups is 1. The van der Waals surface area contributed by atoms with Crippen molar-refractivity contribution in [2.24, 2.45) is 7.05 Å². The first-order valence-electron chi connectivity index (χ1n) is 9.10. The van der Waals surface area contributed by atoms with E-state index in [2.05, 4.69) is 26.6 Å². The van der Waals surface area contributed by atoms with Crippen molar-refractivity contribution in [2.45, 2.75) is 12.1 Å². The number of hydrogen-bond acceptors (Lipinski definition) is 6. The molecule has 0 aliphatic heterocycles. The van der Waals surface area contributed by atoms with Crippen LogP contribution in [0.1, 0.15) is 5.56 Å². The van der Waals surface area contributed by atoms with E-state index in [-0.39, 0.29) is 11.7 Å². The molecule has 30 heavy (non-hydrogen) atoms. The van der Waals surface area contributed by atoms with Gasteiger partial charge in [0.1, 0.15) is 0 Å². The topological polar surface area (TPSA) is 72.7 Å². The summed E-state index contributed by atoms with van der Waals surface area (Å²) in [6.07, 6.45) is 0. The maximum absolute atomic E-state index is 12.4. The standard InChI is InChI=1S/C21H18ClN5OS2/c1-13-4-3-5-15(10-13)19-25-26-21(27(19)2)30-12-18(28)24-20-23-17(11-29-20)14-6-8-16(22)9-7-14/h3-11H,12H2,1-2H3,(H,23,24,28). The van der Waals surface area contributed by atoms with Crippen LogP contribution in [0.3, 0.4) is 0 Å². The fourth-order valence-corrected chi connectivity index (χ4v) is 4.42. The summed E-state index contributed by atoms with van der Waals surface area (Å²) in [4.78, 5) is 16.8. The molecular formula is C21H18ClN5OS2. The highest BCUT2D eigenvalue weighted by atomic mass is 35.5. The third-order valence-corrected chi connectivity index (χ3v) is 6.36. The zero-order valence-corrected chi connectivity index (χ0v) is 18.7. The lowest BCUT2D eigenvalue weighted by molar-refractivity contribution is -0.113. The van der Waals surface area contributed by atoms with Gasteiger partial charge < -0.3 is 9.88 Å². The number of thiazole rings is 1. The molecule has 0 saturated carbocycles. The van der Waals surface area contributed by atoms with Gasteiger partial charge >= 0.3 is 0 Å². The Hall–Kier alpha value is -2.68. The Morgan fingerprint density at radius 1 is 1.17 bits per heavy atom. The Kier molecular flexibility index (Phi) is 6.17. The number of hydrogen-bond donors (Lipinski definition) is 1. The number of aromatic nitrogens is 4. The number of benzene rings is 2. The van der Waals surface area contributed by atoms with E-state index in [1.54, 1.807) is 0 Å². The number of anilines is 1. The molecule has 0 saturated heterocycles. The number of nitrogens with one attached hydrogen (secondary N) is 1. The van der Waals surface area contributed by atoms with Gasteiger partial charge in [-0.05, 0) is 25.1 Å². The van der Waals surface area contributed by atoms with E-state index in [9.17, 15) is 4.79 Å². The molecule has 1 amide bonds. The first-order valence-corrected chi connectivity index (χ1v) is 11.3. The van der Waals surface area contributed by atoms with Crippen molar-refractivity contribution in [3.8, 4) is 22.6 Å². The van der Waals surface area contributed by atoms with Gasteiger partial charge in [0.2, 0.25) is 5.91 Å². The third kappa shape index (κ3) is 4.72. The molecule has 0 atom stereocenters. The van der Waals surface area contributed by atoms with Crippen LogP contribution < -0.4 is 5.32 Å². The predicted octanol–water partition coefficient (Wildman–Crippen LogP) is 5.30. The molecule has 4 aromatic rings. The highest BCUT2D eigenvalue weighted by Crippen LogP contribution is 2.27. The number of nitrogens with zero attached hydrogens (tertiary/aromatic N) is 4. The molecule has 2 aromatic carbocycles. The average molecular weight is 456 g/mol. The van der Waals surface area contributed by atoms with Crippen molar-refractivity contribution in [3.63, 3.8) is 0 Å². The Labute approximate surface area is 187 Å². The van der Waals surface area contributed by atoms with Crippen LogP contribution in [0, 0.1) is 6.92 Å². The van der Waals surface area contributed by atoms with Gasteiger partial charge in [-0.1, -0.05) is 59.3 Å². The molecule has 0 aliphatic rings. The van der Waals surface area contributed by atoms with Gasteiger partial charge in [0.15, 0.2) is 16.1 Å². The Morgan fingerprint density at radius 3 is 2.73 bits per heavy atom. The van der Waals surface area contributed by atoms with E-state index >= 15 is 0 Å². The molecular weight excluding hydrogens is 438 g/mol. The van der Waals surface area contributed by atoms with Gasteiger partial charge in [-0.2, -0.15) is 0 Å². The second-order valence-electron chi connectivity index (χ2n) is 6.62. The molecule has 0 spiro atoms. The lowest BCUT2D eigenvalue weighted by atomic mass is 10.1. The van der Waals surface area contributed by atoms with E-state index in [4.69, 9.17) is 11.6 Å². The molecule has 0 unspecified atom stereocenters. The highest BCUT2D eigenvalue weighted by molar-refractivity contribution is 7.99. The molecule has 0 aliphatic carbocycles. The number of rotatable bonds is 6. The maximum Gasteiger partial charge on any atom is 0.236 e. The zero-order valence-electron chi connectivity index (χ0n) is 16.3. The molecule has 2 aromatic heterocycles. The van der Waals surface area contributed by atoms with Gasteiger partial charge in [0.25, 0.3) is 0 Å². The molecule has 6 nitrogen and oxygen atoms in total. The van der Waals surface area contributed by atoms with Crippen LogP contribution in [0.25, 0.3) is 22.6 Å². The van der Waals surface area contributed by atoms with Crippen LogP contribution in [0.15, 0.2) is 59.1 Å². The van der Waals surface area contributed by atoms with Crippen LogP contribution in [0.4, 0.5) is 5.13 Å². The van der Waals surface area contributed by atoms with Crippen molar-refractivity contribution >= 4 is 45.7 Å². The van der Waals surface area contributed by atoms with Crippen LogP contribution in [-0.2, 0) is 11.8 Å². The summed E-state index contributed by atoms with van der Waals surface area (Å²) in [6, 6.07) is 15.5. The summed E-state index contributed by atoms with van der Waals surface area (Å²) in [5.74, 6) is 0.849. The second kappa shape index (κ2) is 8.99. The minimum Gasteiger partial charge on any atom is -0.305 e. The van der Waals surface area contributed by atoms with E-state index < -0.39 is 0 Å². The van der Waals surface area contributed by atoms with E-state index in [0.717, 1.165) is 28.2 Å². The number of aryl methyl sites for hydroxylation is 1. The van der Waals surface area contributed by atoms with Gasteiger partial charge in [-0.25, -0.2) is 4.98 Å². The lowest BCUT2D eigenvalue weighted by Gasteiger charge is -2.05. The number of amides is 1. The number of carbonyl (C=O) groups is 1. The van der Waals surface area contributed by atoms with Crippen molar-refractivity contribution in [1.29, 1.82) is 0 Å². The third-order valence-electron chi connectivity index (χ3n) is 4.33. The molecule has 152 valence electrons. The summed E-state index contributed by atoms with van der Waals surface area (Å²) in [6.45, 7) is 2.04. The Balaban J connectivity index is 1.37. The Bertz CT molecular complexity index is 1190. The number of carbonyl (C=O) groups excluding carboxylic acids is 1. The van der Waals surface area contributed by atoms with Gasteiger partial charge in [0, 0.05) is 28.6 Å². The van der Waals surface area contributed by atoms with Crippen molar-refractivity contribution in [1.82, 2.24) is 19.7 Å². The molecule has 0 bridgehead atoms. The minimum atomic E-state index is -0.142. The second-order valence-corrected chi connectivity index (χ2v) is 8.85. The molecule has 1 N–H and O–H groups in total. The van der Waals surface area contributed by atoms with E-state index in [1.807, 2.05) is 66.4 Å². The summed E-state index contributed by atoms with van der Waals surface area (Å²) in [5, 5.41) is 15.2. The molecule has 4 rings (SSSR count). The summed E-state index contributed by atoms with van der Waals surface area (Å²) in [5.41, 5.74) is 3.91. The summed E-state index contributed by atoms with van der Waals surface area (Å²) in [7, 11) is 1.90. The molecule has 0 radical (unpaired) electrons. The summed E-state index contributed by atoms with van der Waals surface area (Å²) < 4.78 is 1.90. The highest BCUT2D eigenvalue weighted by Gasteiger charge is 2.14. The first-order chi connectivity index (χ1) is 14.5. The van der Waals surface area contributed by atoms with Gasteiger partial charge in [0.05, 0.1) is 11.4 Å². The van der Waals surface area contributed by atoms with E-state index in [0.29, 0.717) is 15.3 Å². The van der Waals surface area contributed by atoms with Crippen molar-refractivity contribution in [3.05, 3.63) is 64.5 Å². The first kappa shape index (κ1) is 20.6. The zero-order chi connectivity index (χ0) is 21.1. The van der Waals surface area contributed by atoms with E-state index in [1.165, 1.54) is 23.1 Å².